The third kappa shape index (κ3) is 2.58. The van der Waals surface area contributed by atoms with Crippen LogP contribution in [-0.2, 0) is 14.4 Å². The Morgan fingerprint density at radius 1 is 0.848 bits per heavy atom. The SMILES string of the molecule is O=C1C2C3CC(C4C(c5ccc(Cl)cc5Cl)=NOC34)C2C(=O)N1c1ccc2ccccc2c1. The van der Waals surface area contributed by atoms with Crippen molar-refractivity contribution in [2.75, 3.05) is 4.90 Å². The largest absolute Gasteiger partial charge is 0.391 e. The Morgan fingerprint density at radius 3 is 2.39 bits per heavy atom. The summed E-state index contributed by atoms with van der Waals surface area (Å²) in [7, 11) is 0. The summed E-state index contributed by atoms with van der Waals surface area (Å²) in [5.41, 5.74) is 2.18. The molecule has 6 atom stereocenters. The molecule has 3 fully saturated rings. The van der Waals surface area contributed by atoms with E-state index in [1.165, 1.54) is 4.90 Å². The number of carbonyl (C=O) groups is 2. The summed E-state index contributed by atoms with van der Waals surface area (Å²) in [5, 5.41) is 7.50. The maximum absolute atomic E-state index is 13.6. The van der Waals surface area contributed by atoms with Crippen LogP contribution in [0.4, 0.5) is 5.69 Å². The standard InChI is InChI=1S/C26H18Cl2N2O3/c27-14-6-8-16(19(28)10-14)23-22-17-11-18(24(22)33-29-23)21-20(17)25(31)30(26(21)32)15-7-5-12-3-1-2-4-13(12)9-15/h1-10,17-18,20-22,24H,11H2. The Kier molecular flexibility index (Phi) is 4.04. The molecule has 0 aromatic heterocycles. The minimum Gasteiger partial charge on any atom is -0.391 e. The Bertz CT molecular complexity index is 1400. The second kappa shape index (κ2) is 6.81. The second-order valence-electron chi connectivity index (χ2n) is 9.35. The van der Waals surface area contributed by atoms with Gasteiger partial charge >= 0.3 is 0 Å². The van der Waals surface area contributed by atoms with Crippen LogP contribution in [0.2, 0.25) is 10.0 Å². The van der Waals surface area contributed by atoms with Crippen LogP contribution in [0.1, 0.15) is 12.0 Å². The van der Waals surface area contributed by atoms with Gasteiger partial charge < -0.3 is 4.84 Å². The highest BCUT2D eigenvalue weighted by atomic mass is 35.5. The fourth-order valence-electron chi connectivity index (χ4n) is 6.62. The van der Waals surface area contributed by atoms with Gasteiger partial charge in [-0.05, 0) is 47.4 Å². The van der Waals surface area contributed by atoms with E-state index in [0.717, 1.165) is 28.5 Å². The van der Waals surface area contributed by atoms with Gasteiger partial charge in [-0.25, -0.2) is 0 Å². The zero-order chi connectivity index (χ0) is 22.4. The summed E-state index contributed by atoms with van der Waals surface area (Å²) in [6.45, 7) is 0. The Morgan fingerprint density at radius 2 is 1.61 bits per heavy atom. The first-order chi connectivity index (χ1) is 16.0. The summed E-state index contributed by atoms with van der Waals surface area (Å²) in [4.78, 5) is 34.4. The molecule has 7 heteroatoms. The molecular formula is C26H18Cl2N2O3. The van der Waals surface area contributed by atoms with Crippen LogP contribution in [0.15, 0.2) is 65.8 Å². The average molecular weight is 477 g/mol. The number of hydrogen-bond donors (Lipinski definition) is 0. The molecule has 3 aromatic rings. The number of amides is 2. The Balaban J connectivity index is 1.25. The molecule has 2 heterocycles. The number of hydrogen-bond acceptors (Lipinski definition) is 4. The van der Waals surface area contributed by atoms with E-state index < -0.39 is 0 Å². The van der Waals surface area contributed by atoms with Crippen LogP contribution in [0.3, 0.4) is 0 Å². The molecule has 33 heavy (non-hydrogen) atoms. The normalized spacial score (nSPS) is 31.7. The van der Waals surface area contributed by atoms with E-state index >= 15 is 0 Å². The number of rotatable bonds is 2. The number of imide groups is 1. The van der Waals surface area contributed by atoms with Crippen LogP contribution >= 0.6 is 23.2 Å². The highest BCUT2D eigenvalue weighted by molar-refractivity contribution is 6.37. The van der Waals surface area contributed by atoms with E-state index in [1.54, 1.807) is 12.1 Å². The van der Waals surface area contributed by atoms with E-state index in [4.69, 9.17) is 28.0 Å². The highest BCUT2D eigenvalue weighted by Gasteiger charge is 2.70. The van der Waals surface area contributed by atoms with E-state index in [9.17, 15) is 9.59 Å². The van der Waals surface area contributed by atoms with Crippen LogP contribution in [0.5, 0.6) is 0 Å². The molecule has 0 spiro atoms. The van der Waals surface area contributed by atoms with Gasteiger partial charge in [0.2, 0.25) is 11.8 Å². The van der Waals surface area contributed by atoms with Crippen molar-refractivity contribution in [3.8, 4) is 0 Å². The molecule has 2 aliphatic carbocycles. The number of benzene rings is 3. The maximum atomic E-state index is 13.6. The molecule has 1 saturated heterocycles. The van der Waals surface area contributed by atoms with Crippen molar-refractivity contribution in [1.29, 1.82) is 0 Å². The third-order valence-electron chi connectivity index (χ3n) is 7.89. The zero-order valence-corrected chi connectivity index (χ0v) is 18.8. The first-order valence-electron chi connectivity index (χ1n) is 11.1. The lowest BCUT2D eigenvalue weighted by atomic mass is 9.71. The average Bonchev–Trinajstić information content (AvgIpc) is 3.54. The van der Waals surface area contributed by atoms with E-state index in [1.807, 2.05) is 48.5 Å². The van der Waals surface area contributed by atoms with Crippen molar-refractivity contribution in [3.05, 3.63) is 76.3 Å². The summed E-state index contributed by atoms with van der Waals surface area (Å²) >= 11 is 12.5. The summed E-state index contributed by atoms with van der Waals surface area (Å²) < 4.78 is 0. The first kappa shape index (κ1) is 19.6. The summed E-state index contributed by atoms with van der Waals surface area (Å²) in [6, 6.07) is 19.0. The minimum absolute atomic E-state index is 0.0000915. The Hall–Kier alpha value is -2.89. The molecule has 7 rings (SSSR count). The van der Waals surface area contributed by atoms with E-state index in [-0.39, 0.29) is 47.5 Å². The molecule has 2 bridgehead atoms. The molecule has 5 nitrogen and oxygen atoms in total. The molecular weight excluding hydrogens is 459 g/mol. The lowest BCUT2D eigenvalue weighted by Gasteiger charge is -2.30. The van der Waals surface area contributed by atoms with Crippen LogP contribution in [0, 0.1) is 29.6 Å². The van der Waals surface area contributed by atoms with Crippen LogP contribution < -0.4 is 4.90 Å². The van der Waals surface area contributed by atoms with Crippen LogP contribution in [0.25, 0.3) is 10.8 Å². The lowest BCUT2D eigenvalue weighted by Crippen LogP contribution is -2.41. The summed E-state index contributed by atoms with van der Waals surface area (Å²) in [5.74, 6) is -1.02. The van der Waals surface area contributed by atoms with Gasteiger partial charge in [0.1, 0.15) is 6.10 Å². The molecule has 2 amide bonds. The van der Waals surface area contributed by atoms with Gasteiger partial charge in [-0.2, -0.15) is 0 Å². The molecule has 3 aromatic carbocycles. The number of oxime groups is 1. The number of carbonyl (C=O) groups excluding carboxylic acids is 2. The van der Waals surface area contributed by atoms with Gasteiger partial charge in [0.05, 0.1) is 28.3 Å². The van der Waals surface area contributed by atoms with Crippen molar-refractivity contribution in [3.63, 3.8) is 0 Å². The minimum atomic E-state index is -0.356. The smallest absolute Gasteiger partial charge is 0.238 e. The quantitative estimate of drug-likeness (QED) is 0.470. The summed E-state index contributed by atoms with van der Waals surface area (Å²) in [6.07, 6.45) is 0.587. The van der Waals surface area contributed by atoms with Crippen LogP contribution in [-0.4, -0.2) is 23.6 Å². The van der Waals surface area contributed by atoms with Gasteiger partial charge in [-0.1, -0.05) is 64.8 Å². The molecule has 0 radical (unpaired) electrons. The molecule has 164 valence electrons. The van der Waals surface area contributed by atoms with Crippen molar-refractivity contribution >= 4 is 57.2 Å². The highest BCUT2D eigenvalue weighted by Crippen LogP contribution is 2.62. The first-order valence-corrected chi connectivity index (χ1v) is 11.8. The second-order valence-corrected chi connectivity index (χ2v) is 10.2. The molecule has 2 saturated carbocycles. The molecule has 4 aliphatic rings. The maximum Gasteiger partial charge on any atom is 0.238 e. The number of fused-ring (bicyclic) bond motifs is 9. The fraction of sp³-hybridized carbons (Fsp3) is 0.269. The van der Waals surface area contributed by atoms with Gasteiger partial charge in [0.15, 0.2) is 0 Å². The number of nitrogens with zero attached hydrogens (tertiary/aromatic N) is 2. The van der Waals surface area contributed by atoms with Gasteiger partial charge in [-0.15, -0.1) is 0 Å². The topological polar surface area (TPSA) is 59.0 Å². The van der Waals surface area contributed by atoms with Gasteiger partial charge in [0, 0.05) is 22.4 Å². The molecule has 0 N–H and O–H groups in total. The monoisotopic (exact) mass is 476 g/mol. The number of halogens is 2. The lowest BCUT2D eigenvalue weighted by molar-refractivity contribution is -0.125. The predicted molar refractivity (Wildman–Crippen MR) is 126 cm³/mol. The van der Waals surface area contributed by atoms with Gasteiger partial charge in [-0.3, -0.25) is 14.5 Å². The fourth-order valence-corrected chi connectivity index (χ4v) is 7.12. The van der Waals surface area contributed by atoms with Crippen molar-refractivity contribution < 1.29 is 14.4 Å². The van der Waals surface area contributed by atoms with Crippen molar-refractivity contribution in [2.24, 2.45) is 34.7 Å². The predicted octanol–water partition coefficient (Wildman–Crippen LogP) is 5.32. The van der Waals surface area contributed by atoms with E-state index in [2.05, 4.69) is 5.16 Å². The van der Waals surface area contributed by atoms with Gasteiger partial charge in [0.25, 0.3) is 0 Å². The third-order valence-corrected chi connectivity index (χ3v) is 8.44. The zero-order valence-electron chi connectivity index (χ0n) is 17.3. The van der Waals surface area contributed by atoms with E-state index in [0.29, 0.717) is 15.7 Å². The number of anilines is 1. The molecule has 2 aliphatic heterocycles. The van der Waals surface area contributed by atoms with Crippen molar-refractivity contribution in [1.82, 2.24) is 0 Å². The molecule has 6 unspecified atom stereocenters. The van der Waals surface area contributed by atoms with Crippen molar-refractivity contribution in [2.45, 2.75) is 12.5 Å². The Labute approximate surface area is 199 Å².